The van der Waals surface area contributed by atoms with Gasteiger partial charge in [-0.05, 0) is 37.8 Å². The van der Waals surface area contributed by atoms with Gasteiger partial charge < -0.3 is 14.8 Å². The number of likely N-dealkylation sites (tertiary alicyclic amines) is 2. The number of hydrogen-bond donors (Lipinski definition) is 1. The van der Waals surface area contributed by atoms with Crippen molar-refractivity contribution in [2.45, 2.75) is 44.3 Å². The van der Waals surface area contributed by atoms with E-state index in [0.717, 1.165) is 58.4 Å². The molecule has 7 nitrogen and oxygen atoms in total. The van der Waals surface area contributed by atoms with E-state index in [1.807, 2.05) is 4.90 Å². The number of hydrogen-bond acceptors (Lipinski definition) is 4. The number of amides is 2. The van der Waals surface area contributed by atoms with Crippen LogP contribution in [0.4, 0.5) is 4.79 Å². The van der Waals surface area contributed by atoms with Crippen LogP contribution in [0, 0.1) is 0 Å². The van der Waals surface area contributed by atoms with E-state index in [9.17, 15) is 4.79 Å². The van der Waals surface area contributed by atoms with E-state index in [4.69, 9.17) is 0 Å². The lowest BCUT2D eigenvalue weighted by Gasteiger charge is -2.36. The molecule has 1 aromatic carbocycles. The Balaban J connectivity index is 1.24. The van der Waals surface area contributed by atoms with Crippen molar-refractivity contribution in [3.05, 3.63) is 48.5 Å². The van der Waals surface area contributed by atoms with Crippen LogP contribution in [-0.2, 0) is 6.54 Å². The van der Waals surface area contributed by atoms with E-state index in [0.29, 0.717) is 6.04 Å². The first-order valence-electron chi connectivity index (χ1n) is 9.94. The first-order valence-corrected chi connectivity index (χ1v) is 9.94. The molecule has 0 saturated carbocycles. The number of carbonyl (C=O) groups is 1. The van der Waals surface area contributed by atoms with Crippen molar-refractivity contribution in [1.82, 2.24) is 29.9 Å². The fourth-order valence-corrected chi connectivity index (χ4v) is 4.19. The van der Waals surface area contributed by atoms with Crippen LogP contribution < -0.4 is 5.32 Å². The second-order valence-corrected chi connectivity index (χ2v) is 7.64. The third-order valence-electron chi connectivity index (χ3n) is 5.69. The molecule has 1 aromatic heterocycles. The van der Waals surface area contributed by atoms with Crippen LogP contribution >= 0.6 is 0 Å². The molecule has 0 bridgehead atoms. The second kappa shape index (κ2) is 8.52. The van der Waals surface area contributed by atoms with Crippen LogP contribution in [0.3, 0.4) is 0 Å². The van der Waals surface area contributed by atoms with Crippen molar-refractivity contribution in [1.29, 1.82) is 0 Å². The maximum absolute atomic E-state index is 12.7. The normalized spacial score (nSPS) is 21.9. The Morgan fingerprint density at radius 2 is 1.78 bits per heavy atom. The highest BCUT2D eigenvalue weighted by Crippen LogP contribution is 2.22. The van der Waals surface area contributed by atoms with Gasteiger partial charge in [-0.25, -0.2) is 4.79 Å². The molecule has 2 fully saturated rings. The summed E-state index contributed by atoms with van der Waals surface area (Å²) in [6.45, 7) is 4.56. The van der Waals surface area contributed by atoms with Crippen LogP contribution in [0.15, 0.2) is 43.0 Å². The zero-order chi connectivity index (χ0) is 18.5. The smallest absolute Gasteiger partial charge is 0.317 e. The number of aromatic nitrogens is 3. The van der Waals surface area contributed by atoms with Crippen molar-refractivity contribution < 1.29 is 4.79 Å². The molecule has 3 heterocycles. The molecule has 0 aliphatic carbocycles. The lowest BCUT2D eigenvalue weighted by atomic mass is 10.0. The summed E-state index contributed by atoms with van der Waals surface area (Å²) >= 11 is 0. The molecule has 2 aliphatic heterocycles. The quantitative estimate of drug-likeness (QED) is 0.899. The number of nitrogens with zero attached hydrogens (tertiary/aromatic N) is 5. The van der Waals surface area contributed by atoms with Crippen molar-refractivity contribution >= 4 is 6.03 Å². The predicted molar refractivity (Wildman–Crippen MR) is 103 cm³/mol. The van der Waals surface area contributed by atoms with Gasteiger partial charge in [-0.3, -0.25) is 4.90 Å². The van der Waals surface area contributed by atoms with Gasteiger partial charge in [-0.15, -0.1) is 10.2 Å². The minimum atomic E-state index is 0.0868. The zero-order valence-electron chi connectivity index (χ0n) is 15.7. The van der Waals surface area contributed by atoms with Crippen molar-refractivity contribution in [2.24, 2.45) is 0 Å². The summed E-state index contributed by atoms with van der Waals surface area (Å²) in [7, 11) is 0. The molecular weight excluding hydrogens is 340 g/mol. The fraction of sp³-hybridized carbons (Fsp3) is 0.550. The number of carbonyl (C=O) groups excluding carboxylic acids is 1. The van der Waals surface area contributed by atoms with E-state index >= 15 is 0 Å². The van der Waals surface area contributed by atoms with Gasteiger partial charge in [0, 0.05) is 38.3 Å². The standard InChI is InChI=1S/C20H28N6O/c27-20(25-11-8-19(9-12-25)26-15-21-22-16-26)23-18-7-4-10-24(14-18)13-17-5-2-1-3-6-17/h1-3,5-6,15-16,18-19H,4,7-14H2,(H,23,27)/t18-/m1/s1. The van der Waals surface area contributed by atoms with E-state index in [2.05, 4.69) is 55.3 Å². The third kappa shape index (κ3) is 4.66. The van der Waals surface area contributed by atoms with Gasteiger partial charge >= 0.3 is 6.03 Å². The van der Waals surface area contributed by atoms with Gasteiger partial charge in [0.2, 0.25) is 0 Å². The van der Waals surface area contributed by atoms with Crippen LogP contribution in [0.25, 0.3) is 0 Å². The molecule has 2 amide bonds. The molecule has 0 spiro atoms. The molecule has 2 saturated heterocycles. The number of piperidine rings is 2. The number of urea groups is 1. The first kappa shape index (κ1) is 18.0. The lowest BCUT2D eigenvalue weighted by molar-refractivity contribution is 0.150. The van der Waals surface area contributed by atoms with Crippen molar-refractivity contribution in [3.63, 3.8) is 0 Å². The summed E-state index contributed by atoms with van der Waals surface area (Å²) in [5.41, 5.74) is 1.33. The SMILES string of the molecule is O=C(N[C@@H]1CCCN(Cc2ccccc2)C1)N1CCC(n2cnnc2)CC1. The van der Waals surface area contributed by atoms with Crippen LogP contribution in [-0.4, -0.2) is 62.8 Å². The summed E-state index contributed by atoms with van der Waals surface area (Å²) in [5.74, 6) is 0. The Bertz CT molecular complexity index is 711. The van der Waals surface area contributed by atoms with Crippen molar-refractivity contribution in [3.8, 4) is 0 Å². The largest absolute Gasteiger partial charge is 0.334 e. The Labute approximate surface area is 160 Å². The highest BCUT2D eigenvalue weighted by Gasteiger charge is 2.27. The molecule has 2 aliphatic rings. The Morgan fingerprint density at radius 3 is 2.52 bits per heavy atom. The van der Waals surface area contributed by atoms with Crippen LogP contribution in [0.1, 0.15) is 37.3 Å². The van der Waals surface area contributed by atoms with Gasteiger partial charge in [-0.1, -0.05) is 30.3 Å². The molecule has 144 valence electrons. The average Bonchev–Trinajstić information content (AvgIpc) is 3.24. The molecule has 4 rings (SSSR count). The number of nitrogens with one attached hydrogen (secondary N) is 1. The van der Waals surface area contributed by atoms with Crippen LogP contribution in [0.5, 0.6) is 0 Å². The molecule has 1 atom stereocenters. The Hall–Kier alpha value is -2.41. The molecule has 0 radical (unpaired) electrons. The average molecular weight is 368 g/mol. The topological polar surface area (TPSA) is 66.3 Å². The number of rotatable bonds is 4. The fourth-order valence-electron chi connectivity index (χ4n) is 4.19. The van der Waals surface area contributed by atoms with E-state index in [1.165, 1.54) is 5.56 Å². The molecule has 7 heteroatoms. The molecule has 2 aromatic rings. The minimum absolute atomic E-state index is 0.0868. The highest BCUT2D eigenvalue weighted by molar-refractivity contribution is 5.74. The van der Waals surface area contributed by atoms with E-state index < -0.39 is 0 Å². The minimum Gasteiger partial charge on any atom is -0.334 e. The van der Waals surface area contributed by atoms with Gasteiger partial charge in [0.05, 0.1) is 0 Å². The summed E-state index contributed by atoms with van der Waals surface area (Å²) in [5, 5.41) is 11.0. The molecule has 27 heavy (non-hydrogen) atoms. The zero-order valence-corrected chi connectivity index (χ0v) is 15.7. The summed E-state index contributed by atoms with van der Waals surface area (Å²) in [4.78, 5) is 17.1. The van der Waals surface area contributed by atoms with Gasteiger partial charge in [0.15, 0.2) is 0 Å². The van der Waals surface area contributed by atoms with Crippen LogP contribution in [0.2, 0.25) is 0 Å². The first-order chi connectivity index (χ1) is 13.3. The van der Waals surface area contributed by atoms with Gasteiger partial charge in [-0.2, -0.15) is 0 Å². The summed E-state index contributed by atoms with van der Waals surface area (Å²) in [6, 6.07) is 11.3. The van der Waals surface area contributed by atoms with E-state index in [1.54, 1.807) is 12.7 Å². The van der Waals surface area contributed by atoms with Gasteiger partial charge in [0.25, 0.3) is 0 Å². The van der Waals surface area contributed by atoms with Gasteiger partial charge in [0.1, 0.15) is 12.7 Å². The number of benzene rings is 1. The highest BCUT2D eigenvalue weighted by atomic mass is 16.2. The summed E-state index contributed by atoms with van der Waals surface area (Å²) < 4.78 is 2.05. The van der Waals surface area contributed by atoms with E-state index in [-0.39, 0.29) is 12.1 Å². The molecule has 0 unspecified atom stereocenters. The second-order valence-electron chi connectivity index (χ2n) is 7.64. The lowest BCUT2D eigenvalue weighted by Crippen LogP contribution is -2.52. The maximum atomic E-state index is 12.7. The maximum Gasteiger partial charge on any atom is 0.317 e. The van der Waals surface area contributed by atoms with Crippen molar-refractivity contribution in [2.75, 3.05) is 26.2 Å². The molecule has 1 N–H and O–H groups in total. The molecular formula is C20H28N6O. The Morgan fingerprint density at radius 1 is 1.04 bits per heavy atom. The monoisotopic (exact) mass is 368 g/mol. The predicted octanol–water partition coefficient (Wildman–Crippen LogP) is 2.29. The third-order valence-corrected chi connectivity index (χ3v) is 5.69. The Kier molecular flexibility index (Phi) is 5.67. The summed E-state index contributed by atoms with van der Waals surface area (Å²) in [6.07, 6.45) is 7.64.